The van der Waals surface area contributed by atoms with Crippen molar-refractivity contribution in [1.82, 2.24) is 14.7 Å². The fourth-order valence-corrected chi connectivity index (χ4v) is 5.73. The maximum absolute atomic E-state index is 10.9. The lowest BCUT2D eigenvalue weighted by Gasteiger charge is -2.28. The van der Waals surface area contributed by atoms with Crippen LogP contribution < -0.4 is 5.73 Å². The summed E-state index contributed by atoms with van der Waals surface area (Å²) in [7, 11) is -4.21. The van der Waals surface area contributed by atoms with Crippen LogP contribution in [0.3, 0.4) is 0 Å². The maximum Gasteiger partial charge on any atom is 0.217 e. The first-order chi connectivity index (χ1) is 12.8. The Bertz CT molecular complexity index is 404. The average molecular weight is 446 g/mol. The number of rotatable bonds is 11. The van der Waals surface area contributed by atoms with Gasteiger partial charge in [0.25, 0.3) is 0 Å². The lowest BCUT2D eigenvalue weighted by molar-refractivity contribution is -0.117. The van der Waals surface area contributed by atoms with Gasteiger partial charge in [0, 0.05) is 78.9 Å². The van der Waals surface area contributed by atoms with Crippen LogP contribution in [0.15, 0.2) is 0 Å². The number of aliphatic hydroxyl groups excluding tert-OH is 2. The van der Waals surface area contributed by atoms with E-state index in [9.17, 15) is 19.5 Å². The van der Waals surface area contributed by atoms with Gasteiger partial charge < -0.3 is 30.6 Å². The van der Waals surface area contributed by atoms with E-state index >= 15 is 0 Å². The van der Waals surface area contributed by atoms with Crippen LogP contribution in [0.1, 0.15) is 6.42 Å². The van der Waals surface area contributed by atoms with E-state index in [0.29, 0.717) is 64.3 Å². The Balaban J connectivity index is 2.67. The summed E-state index contributed by atoms with van der Waals surface area (Å²) in [6, 6.07) is 0. The zero-order valence-electron chi connectivity index (χ0n) is 15.6. The highest BCUT2D eigenvalue weighted by Crippen LogP contribution is 2.33. The SMILES string of the molecule is NC(=O)CCP(O)CN1CCN(CP(O)CO)CCN(CP(O)CO)CC1. The first kappa shape index (κ1) is 25.5. The first-order valence-corrected chi connectivity index (χ1v) is 13.8. The fraction of sp³-hybridized carbons (Fsp3) is 0.929. The van der Waals surface area contributed by atoms with Crippen molar-refractivity contribution in [2.75, 3.05) is 77.0 Å². The number of hydrogen-bond donors (Lipinski definition) is 6. The summed E-state index contributed by atoms with van der Waals surface area (Å²) in [6.45, 7) is 4.17. The van der Waals surface area contributed by atoms with Crippen LogP contribution in [0.4, 0.5) is 0 Å². The van der Waals surface area contributed by atoms with Gasteiger partial charge in [0.2, 0.25) is 5.91 Å². The molecular formula is C14H33N4O6P3. The van der Waals surface area contributed by atoms with E-state index in [1.165, 1.54) is 0 Å². The number of carbonyl (C=O) groups excluding carboxylic acids is 1. The molecule has 1 amide bonds. The van der Waals surface area contributed by atoms with E-state index in [0.717, 1.165) is 0 Å². The second kappa shape index (κ2) is 14.4. The van der Waals surface area contributed by atoms with E-state index < -0.39 is 30.4 Å². The maximum atomic E-state index is 10.9. The van der Waals surface area contributed by atoms with Gasteiger partial charge in [0.1, 0.15) is 0 Å². The summed E-state index contributed by atoms with van der Waals surface area (Å²) in [5, 5.41) is 18.3. The molecular weight excluding hydrogens is 413 g/mol. The molecule has 1 saturated heterocycles. The van der Waals surface area contributed by atoms with E-state index in [4.69, 9.17) is 15.9 Å². The number of nitrogens with zero attached hydrogens (tertiary/aromatic N) is 3. The van der Waals surface area contributed by atoms with Crippen LogP contribution in [0.25, 0.3) is 0 Å². The number of nitrogens with two attached hydrogens (primary N) is 1. The Morgan fingerprint density at radius 1 is 0.741 bits per heavy atom. The number of amides is 1. The molecule has 1 aliphatic heterocycles. The zero-order valence-corrected chi connectivity index (χ0v) is 18.3. The van der Waals surface area contributed by atoms with E-state index in [1.54, 1.807) is 0 Å². The Morgan fingerprint density at radius 2 is 1.07 bits per heavy atom. The van der Waals surface area contributed by atoms with Crippen molar-refractivity contribution in [1.29, 1.82) is 0 Å². The first-order valence-electron chi connectivity index (χ1n) is 8.82. The van der Waals surface area contributed by atoms with Crippen LogP contribution in [0.5, 0.6) is 0 Å². The van der Waals surface area contributed by atoms with Gasteiger partial charge in [-0.25, -0.2) is 0 Å². The molecule has 0 spiro atoms. The highest BCUT2D eigenvalue weighted by Gasteiger charge is 2.21. The summed E-state index contributed by atoms with van der Waals surface area (Å²) in [4.78, 5) is 47.0. The van der Waals surface area contributed by atoms with Crippen LogP contribution in [0.2, 0.25) is 0 Å². The van der Waals surface area contributed by atoms with Crippen molar-refractivity contribution in [3.8, 4) is 0 Å². The molecule has 1 heterocycles. The van der Waals surface area contributed by atoms with Crippen molar-refractivity contribution in [3.63, 3.8) is 0 Å². The standard InChI is InChI=1S/C14H33N4O6P3/c15-14(21)1-8-25(22)9-16-2-4-17(10-26(23)12-19)6-7-18(5-3-16)11-27(24)13-20/h19-20,22-24H,1-13H2,(H2,15,21). The molecule has 0 radical (unpaired) electrons. The molecule has 1 aliphatic rings. The molecule has 160 valence electrons. The predicted octanol–water partition coefficient (Wildman–Crippen LogP) is -1.28. The molecule has 1 rings (SSSR count). The minimum absolute atomic E-state index is 0.172. The normalized spacial score (nSPS) is 21.8. The third-order valence-corrected chi connectivity index (χ3v) is 7.80. The summed E-state index contributed by atoms with van der Waals surface area (Å²) in [6.07, 6.45) is 1.39. The predicted molar refractivity (Wildman–Crippen MR) is 110 cm³/mol. The monoisotopic (exact) mass is 446 g/mol. The molecule has 0 bridgehead atoms. The van der Waals surface area contributed by atoms with Gasteiger partial charge in [-0.15, -0.1) is 0 Å². The molecule has 10 nitrogen and oxygen atoms in total. The smallest absolute Gasteiger partial charge is 0.217 e. The topological polar surface area (TPSA) is 154 Å². The van der Waals surface area contributed by atoms with Gasteiger partial charge in [-0.2, -0.15) is 0 Å². The quantitative estimate of drug-likeness (QED) is 0.213. The second-order valence-corrected chi connectivity index (χ2v) is 11.4. The van der Waals surface area contributed by atoms with Crippen molar-refractivity contribution in [2.24, 2.45) is 5.73 Å². The largest absolute Gasteiger partial charge is 0.389 e. The Labute approximate surface area is 164 Å². The summed E-state index contributed by atoms with van der Waals surface area (Å²) >= 11 is 0. The molecule has 0 aromatic rings. The molecule has 13 heteroatoms. The van der Waals surface area contributed by atoms with Crippen LogP contribution in [-0.4, -0.2) is 122 Å². The lowest BCUT2D eigenvalue weighted by Crippen LogP contribution is -2.36. The number of hydrogen-bond acceptors (Lipinski definition) is 9. The van der Waals surface area contributed by atoms with E-state index in [1.807, 2.05) is 0 Å². The Kier molecular flexibility index (Phi) is 13.6. The highest BCUT2D eigenvalue weighted by molar-refractivity contribution is 7.51. The summed E-state index contributed by atoms with van der Waals surface area (Å²) < 4.78 is 0. The summed E-state index contributed by atoms with van der Waals surface area (Å²) in [5.41, 5.74) is 5.14. The minimum Gasteiger partial charge on any atom is -0.389 e. The molecule has 3 unspecified atom stereocenters. The third-order valence-electron chi connectivity index (χ3n) is 4.23. The second-order valence-electron chi connectivity index (χ2n) is 6.52. The van der Waals surface area contributed by atoms with Crippen molar-refractivity contribution in [3.05, 3.63) is 0 Å². The number of aliphatic hydroxyl groups is 2. The van der Waals surface area contributed by atoms with Crippen LogP contribution in [-0.2, 0) is 4.79 Å². The molecule has 7 N–H and O–H groups in total. The van der Waals surface area contributed by atoms with E-state index in [-0.39, 0.29) is 19.1 Å². The van der Waals surface area contributed by atoms with Gasteiger partial charge in [-0.05, 0) is 0 Å². The number of carbonyl (C=O) groups is 1. The van der Waals surface area contributed by atoms with Gasteiger partial charge in [0.15, 0.2) is 0 Å². The fourth-order valence-electron chi connectivity index (χ4n) is 2.70. The molecule has 1 fully saturated rings. The Morgan fingerprint density at radius 3 is 1.37 bits per heavy atom. The Hall–Kier alpha value is 0.440. The number of primary amides is 1. The molecule has 0 aliphatic carbocycles. The van der Waals surface area contributed by atoms with Gasteiger partial charge in [-0.3, -0.25) is 19.5 Å². The zero-order chi connectivity index (χ0) is 20.2. The van der Waals surface area contributed by atoms with E-state index in [2.05, 4.69) is 14.7 Å². The minimum atomic E-state index is -1.45. The van der Waals surface area contributed by atoms with Gasteiger partial charge >= 0.3 is 0 Å². The van der Waals surface area contributed by atoms with Crippen LogP contribution in [0, 0.1) is 0 Å². The van der Waals surface area contributed by atoms with Crippen molar-refractivity contribution >= 4 is 30.4 Å². The van der Waals surface area contributed by atoms with Gasteiger partial charge in [-0.1, -0.05) is 0 Å². The van der Waals surface area contributed by atoms with Gasteiger partial charge in [0.05, 0.1) is 29.0 Å². The molecule has 27 heavy (non-hydrogen) atoms. The third kappa shape index (κ3) is 11.9. The average Bonchev–Trinajstić information content (AvgIpc) is 2.72. The lowest BCUT2D eigenvalue weighted by atomic mass is 10.5. The van der Waals surface area contributed by atoms with Crippen molar-refractivity contribution in [2.45, 2.75) is 6.42 Å². The molecule has 0 aromatic carbocycles. The molecule has 3 atom stereocenters. The molecule has 0 saturated carbocycles. The van der Waals surface area contributed by atoms with Crippen molar-refractivity contribution < 1.29 is 29.7 Å². The van der Waals surface area contributed by atoms with Crippen LogP contribution >= 0.6 is 24.4 Å². The molecule has 0 aromatic heterocycles. The highest BCUT2D eigenvalue weighted by atomic mass is 31.1. The summed E-state index contributed by atoms with van der Waals surface area (Å²) in [5.74, 6) is -0.418.